The molecule has 0 saturated carbocycles. The van der Waals surface area contributed by atoms with Crippen LogP contribution in [0.15, 0.2) is 46.8 Å². The minimum absolute atomic E-state index is 0.0116. The van der Waals surface area contributed by atoms with E-state index in [0.29, 0.717) is 25.2 Å². The van der Waals surface area contributed by atoms with Crippen LogP contribution in [0.4, 0.5) is 0 Å². The Morgan fingerprint density at radius 1 is 1.23 bits per heavy atom. The molecule has 31 heavy (non-hydrogen) atoms. The molecule has 8 heteroatoms. The molecule has 3 rings (SSSR count). The van der Waals surface area contributed by atoms with Gasteiger partial charge in [-0.15, -0.1) is 11.3 Å². The Hall–Kier alpha value is -2.87. The highest BCUT2D eigenvalue weighted by Gasteiger charge is 2.23. The first-order valence-electron chi connectivity index (χ1n) is 10.6. The molecule has 2 amide bonds. The van der Waals surface area contributed by atoms with Crippen LogP contribution in [-0.2, 0) is 16.8 Å². The van der Waals surface area contributed by atoms with Crippen LogP contribution in [0.5, 0.6) is 0 Å². The summed E-state index contributed by atoms with van der Waals surface area (Å²) < 4.78 is 0. The van der Waals surface area contributed by atoms with Gasteiger partial charge in [0.25, 0.3) is 5.91 Å². The van der Waals surface area contributed by atoms with Gasteiger partial charge in [0.05, 0.1) is 13.1 Å². The van der Waals surface area contributed by atoms with Crippen LogP contribution in [-0.4, -0.2) is 55.4 Å². The van der Waals surface area contributed by atoms with Crippen LogP contribution >= 0.6 is 11.3 Å². The van der Waals surface area contributed by atoms with Crippen LogP contribution in [0.2, 0.25) is 0 Å². The lowest BCUT2D eigenvalue weighted by Crippen LogP contribution is -2.49. The largest absolute Gasteiger partial charge is 0.357 e. The van der Waals surface area contributed by atoms with E-state index in [-0.39, 0.29) is 23.8 Å². The number of carbonyl (C=O) groups excluding carboxylic acids is 2. The fourth-order valence-corrected chi connectivity index (χ4v) is 4.17. The summed E-state index contributed by atoms with van der Waals surface area (Å²) in [7, 11) is 0. The van der Waals surface area contributed by atoms with Crippen molar-refractivity contribution in [1.29, 1.82) is 0 Å². The Balaban J connectivity index is 1.59. The van der Waals surface area contributed by atoms with Gasteiger partial charge in [-0.3, -0.25) is 9.59 Å². The number of hydrogen-bond donors (Lipinski definition) is 3. The van der Waals surface area contributed by atoms with Crippen molar-refractivity contribution < 1.29 is 9.59 Å². The number of hydrogen-bond acceptors (Lipinski definition) is 4. The molecule has 0 unspecified atom stereocenters. The third-order valence-electron chi connectivity index (χ3n) is 5.18. The second-order valence-electron chi connectivity index (χ2n) is 8.18. The molecule has 1 aliphatic heterocycles. The third kappa shape index (κ3) is 6.30. The van der Waals surface area contributed by atoms with Crippen LogP contribution in [0, 0.1) is 0 Å². The molecule has 3 N–H and O–H groups in total. The monoisotopic (exact) mass is 441 g/mol. The molecule has 2 aromatic rings. The van der Waals surface area contributed by atoms with E-state index in [1.807, 2.05) is 19.1 Å². The highest BCUT2D eigenvalue weighted by atomic mass is 32.1. The molecule has 0 spiro atoms. The molecule has 2 heterocycles. The average Bonchev–Trinajstić information content (AvgIpc) is 3.32. The summed E-state index contributed by atoms with van der Waals surface area (Å²) in [6.45, 7) is 9.70. The maximum atomic E-state index is 12.6. The van der Waals surface area contributed by atoms with Crippen molar-refractivity contribution in [2.75, 3.05) is 32.7 Å². The Kier molecular flexibility index (Phi) is 7.68. The van der Waals surface area contributed by atoms with Crippen LogP contribution in [0.1, 0.15) is 41.6 Å². The number of benzene rings is 1. The zero-order valence-electron chi connectivity index (χ0n) is 18.4. The van der Waals surface area contributed by atoms with Gasteiger partial charge in [0.15, 0.2) is 5.96 Å². The maximum absolute atomic E-state index is 12.6. The van der Waals surface area contributed by atoms with E-state index in [0.717, 1.165) is 24.6 Å². The summed E-state index contributed by atoms with van der Waals surface area (Å²) in [4.78, 5) is 31.7. The van der Waals surface area contributed by atoms with Crippen LogP contribution < -0.4 is 16.0 Å². The summed E-state index contributed by atoms with van der Waals surface area (Å²) in [5.74, 6) is 0.540. The fourth-order valence-electron chi connectivity index (χ4n) is 3.31. The summed E-state index contributed by atoms with van der Waals surface area (Å²) in [6.07, 6.45) is 0. The van der Waals surface area contributed by atoms with Gasteiger partial charge >= 0.3 is 0 Å². The van der Waals surface area contributed by atoms with Gasteiger partial charge in [0, 0.05) is 42.0 Å². The predicted molar refractivity (Wildman–Crippen MR) is 126 cm³/mol. The van der Waals surface area contributed by atoms with Crippen LogP contribution in [0.25, 0.3) is 0 Å². The van der Waals surface area contributed by atoms with Crippen molar-refractivity contribution in [2.24, 2.45) is 4.99 Å². The minimum atomic E-state index is -0.115. The van der Waals surface area contributed by atoms with E-state index < -0.39 is 0 Å². The first kappa shape index (κ1) is 22.8. The van der Waals surface area contributed by atoms with E-state index in [2.05, 4.69) is 47.3 Å². The zero-order chi connectivity index (χ0) is 22.3. The summed E-state index contributed by atoms with van der Waals surface area (Å²) in [5, 5.41) is 11.6. The first-order valence-corrected chi connectivity index (χ1v) is 11.5. The molecule has 1 aromatic carbocycles. The lowest BCUT2D eigenvalue weighted by molar-refractivity contribution is -0.123. The molecule has 1 saturated heterocycles. The third-order valence-corrected chi connectivity index (χ3v) is 6.41. The Labute approximate surface area is 187 Å². The van der Waals surface area contributed by atoms with Gasteiger partial charge in [-0.05, 0) is 36.1 Å². The number of carbonyl (C=O) groups is 2. The molecule has 0 radical (unpaired) electrons. The first-order chi connectivity index (χ1) is 14.9. The van der Waals surface area contributed by atoms with Gasteiger partial charge in [0.1, 0.15) is 0 Å². The average molecular weight is 442 g/mol. The lowest BCUT2D eigenvalue weighted by Gasteiger charge is -2.26. The van der Waals surface area contributed by atoms with Gasteiger partial charge in [0.2, 0.25) is 5.91 Å². The number of amides is 2. The molecule has 166 valence electrons. The topological polar surface area (TPSA) is 85.8 Å². The van der Waals surface area contributed by atoms with Crippen molar-refractivity contribution in [3.8, 4) is 0 Å². The number of aliphatic imine (C=N–C) groups is 1. The molecule has 0 bridgehead atoms. The zero-order valence-corrected chi connectivity index (χ0v) is 19.2. The summed E-state index contributed by atoms with van der Waals surface area (Å²) in [5.41, 5.74) is 1.62. The molecule has 7 nitrogen and oxygen atoms in total. The van der Waals surface area contributed by atoms with Crippen molar-refractivity contribution in [2.45, 2.75) is 32.7 Å². The Bertz CT molecular complexity index is 907. The van der Waals surface area contributed by atoms with Crippen molar-refractivity contribution >= 4 is 29.1 Å². The van der Waals surface area contributed by atoms with Crippen molar-refractivity contribution in [3.63, 3.8) is 0 Å². The van der Waals surface area contributed by atoms with Gasteiger partial charge in [-0.1, -0.05) is 32.0 Å². The SMILES string of the molecule is CCNC(=NCc1ccc(C(=O)N2CCNC(=O)C2)cc1)NCC(C)(C)c1cccs1. The maximum Gasteiger partial charge on any atom is 0.254 e. The number of nitrogens with one attached hydrogen (secondary N) is 3. The summed E-state index contributed by atoms with van der Waals surface area (Å²) >= 11 is 1.77. The normalized spacial score (nSPS) is 14.9. The second kappa shape index (κ2) is 10.4. The van der Waals surface area contributed by atoms with E-state index in [9.17, 15) is 9.59 Å². The number of piperazine rings is 1. The molecule has 1 aliphatic rings. The summed E-state index contributed by atoms with van der Waals surface area (Å²) in [6, 6.07) is 11.7. The number of guanidine groups is 1. The smallest absolute Gasteiger partial charge is 0.254 e. The number of thiophene rings is 1. The molecule has 0 atom stereocenters. The fraction of sp³-hybridized carbons (Fsp3) is 0.435. The predicted octanol–water partition coefficient (Wildman–Crippen LogP) is 2.35. The van der Waals surface area contributed by atoms with E-state index in [4.69, 9.17) is 4.99 Å². The van der Waals surface area contributed by atoms with Gasteiger partial charge in [-0.25, -0.2) is 4.99 Å². The molecular weight excluding hydrogens is 410 g/mol. The molecular formula is C23H31N5O2S. The highest BCUT2D eigenvalue weighted by Crippen LogP contribution is 2.26. The number of nitrogens with zero attached hydrogens (tertiary/aromatic N) is 2. The van der Waals surface area contributed by atoms with Crippen molar-refractivity contribution in [1.82, 2.24) is 20.9 Å². The minimum Gasteiger partial charge on any atom is -0.357 e. The van der Waals surface area contributed by atoms with Crippen LogP contribution in [0.3, 0.4) is 0 Å². The second-order valence-corrected chi connectivity index (χ2v) is 9.13. The molecule has 1 fully saturated rings. The van der Waals surface area contributed by atoms with E-state index >= 15 is 0 Å². The Morgan fingerprint density at radius 3 is 2.65 bits per heavy atom. The quantitative estimate of drug-likeness (QED) is 0.455. The lowest BCUT2D eigenvalue weighted by atomic mass is 9.91. The molecule has 0 aliphatic carbocycles. The van der Waals surface area contributed by atoms with E-state index in [1.54, 1.807) is 28.4 Å². The van der Waals surface area contributed by atoms with Gasteiger partial charge in [-0.2, -0.15) is 0 Å². The Morgan fingerprint density at radius 2 is 2.00 bits per heavy atom. The van der Waals surface area contributed by atoms with Gasteiger partial charge < -0.3 is 20.9 Å². The van der Waals surface area contributed by atoms with E-state index in [1.165, 1.54) is 4.88 Å². The standard InChI is InChI=1S/C23H31N5O2S/c1-4-24-22(27-16-23(2,3)19-6-5-13-31-19)26-14-17-7-9-18(10-8-17)21(30)28-12-11-25-20(29)15-28/h5-10,13H,4,11-12,14-16H2,1-3H3,(H,25,29)(H2,24,26,27). The van der Waals surface area contributed by atoms with Crippen molar-refractivity contribution in [3.05, 3.63) is 57.8 Å². The number of rotatable bonds is 7. The highest BCUT2D eigenvalue weighted by molar-refractivity contribution is 7.10. The molecule has 1 aromatic heterocycles.